The fraction of sp³-hybridized carbons (Fsp3) is 0.500. The normalized spacial score (nSPS) is 17.2. The molecule has 2 N–H and O–H groups in total. The smallest absolute Gasteiger partial charge is 0.236 e. The van der Waals surface area contributed by atoms with Crippen LogP contribution in [-0.2, 0) is 10.0 Å². The van der Waals surface area contributed by atoms with Crippen molar-refractivity contribution in [2.75, 3.05) is 11.3 Å². The first kappa shape index (κ1) is 14.6. The lowest BCUT2D eigenvalue weighted by molar-refractivity contribution is 0.576. The van der Waals surface area contributed by atoms with Crippen molar-refractivity contribution in [3.8, 4) is 0 Å². The topological polar surface area (TPSA) is 58.2 Å². The highest BCUT2D eigenvalue weighted by Gasteiger charge is 2.25. The molecule has 1 aliphatic carbocycles. The Balaban J connectivity index is 2.02. The molecule has 0 spiro atoms. The summed E-state index contributed by atoms with van der Waals surface area (Å²) in [7, 11) is -3.55. The van der Waals surface area contributed by atoms with Crippen LogP contribution in [0.4, 0.5) is 10.1 Å². The molecule has 0 amide bonds. The number of hydrogen-bond acceptors (Lipinski definition) is 3. The van der Waals surface area contributed by atoms with E-state index in [2.05, 4.69) is 10.0 Å². The molecule has 0 aromatic heterocycles. The van der Waals surface area contributed by atoms with Crippen LogP contribution in [0.2, 0.25) is 5.02 Å². The lowest BCUT2D eigenvalue weighted by atomic mass is 10.3. The van der Waals surface area contributed by atoms with Gasteiger partial charge in [-0.25, -0.2) is 12.8 Å². The maximum atomic E-state index is 13.1. The van der Waals surface area contributed by atoms with E-state index in [9.17, 15) is 12.8 Å². The fourth-order valence-corrected chi connectivity index (χ4v) is 2.79. The molecule has 1 fully saturated rings. The lowest BCUT2D eigenvalue weighted by Gasteiger charge is -2.15. The van der Waals surface area contributed by atoms with Crippen molar-refractivity contribution >= 4 is 27.3 Å². The number of anilines is 1. The Morgan fingerprint density at radius 1 is 1.42 bits per heavy atom. The van der Waals surface area contributed by atoms with Crippen molar-refractivity contribution in [1.29, 1.82) is 0 Å². The van der Waals surface area contributed by atoms with Gasteiger partial charge in [0.25, 0.3) is 0 Å². The number of hydrogen-bond donors (Lipinski definition) is 2. The Hall–Kier alpha value is -0.850. The second-order valence-electron chi connectivity index (χ2n) is 4.80. The van der Waals surface area contributed by atoms with Gasteiger partial charge in [0.2, 0.25) is 10.0 Å². The van der Waals surface area contributed by atoms with E-state index in [1.54, 1.807) is 6.92 Å². The molecule has 0 radical (unpaired) electrons. The maximum absolute atomic E-state index is 13.1. The van der Waals surface area contributed by atoms with Gasteiger partial charge in [0, 0.05) is 17.6 Å². The van der Waals surface area contributed by atoms with Crippen LogP contribution in [-0.4, -0.2) is 26.3 Å². The number of halogens is 2. The third kappa shape index (κ3) is 4.33. The molecular weight excluding hydrogens is 291 g/mol. The summed E-state index contributed by atoms with van der Waals surface area (Å²) in [4.78, 5) is 0. The number of sulfonamides is 1. The summed E-state index contributed by atoms with van der Waals surface area (Å²) in [6, 6.07) is 4.05. The molecule has 2 rings (SSSR count). The molecular formula is C12H16ClFN2O2S. The van der Waals surface area contributed by atoms with Gasteiger partial charge in [-0.2, -0.15) is 0 Å². The summed E-state index contributed by atoms with van der Waals surface area (Å²) >= 11 is 5.68. The van der Waals surface area contributed by atoms with Gasteiger partial charge in [0.1, 0.15) is 5.82 Å². The number of nitrogens with one attached hydrogen (secondary N) is 2. The van der Waals surface area contributed by atoms with E-state index < -0.39 is 21.1 Å². The van der Waals surface area contributed by atoms with Gasteiger partial charge in [-0.3, -0.25) is 4.72 Å². The maximum Gasteiger partial charge on any atom is 0.236 e. The summed E-state index contributed by atoms with van der Waals surface area (Å²) in [6.45, 7) is 1.99. The quantitative estimate of drug-likeness (QED) is 0.848. The summed E-state index contributed by atoms with van der Waals surface area (Å²) < 4.78 is 39.6. The van der Waals surface area contributed by atoms with Crippen molar-refractivity contribution in [3.63, 3.8) is 0 Å². The van der Waals surface area contributed by atoms with Crippen molar-refractivity contribution in [2.45, 2.75) is 31.1 Å². The zero-order valence-electron chi connectivity index (χ0n) is 10.5. The van der Waals surface area contributed by atoms with E-state index in [-0.39, 0.29) is 10.7 Å². The van der Waals surface area contributed by atoms with Crippen LogP contribution < -0.4 is 10.0 Å². The van der Waals surface area contributed by atoms with E-state index >= 15 is 0 Å². The zero-order chi connectivity index (χ0) is 14.0. The van der Waals surface area contributed by atoms with Crippen LogP contribution >= 0.6 is 11.6 Å². The summed E-state index contributed by atoms with van der Waals surface area (Å²) in [5.74, 6) is -0.575. The van der Waals surface area contributed by atoms with Crippen LogP contribution in [0, 0.1) is 5.82 Å². The first-order chi connectivity index (χ1) is 8.87. The third-order valence-electron chi connectivity index (χ3n) is 2.92. The molecule has 106 valence electrons. The minimum Gasteiger partial charge on any atom is -0.313 e. The first-order valence-electron chi connectivity index (χ1n) is 6.08. The fourth-order valence-electron chi connectivity index (χ4n) is 1.61. The molecule has 1 saturated carbocycles. The first-order valence-corrected chi connectivity index (χ1v) is 8.00. The van der Waals surface area contributed by atoms with Crippen LogP contribution in [0.5, 0.6) is 0 Å². The number of rotatable bonds is 6. The van der Waals surface area contributed by atoms with Gasteiger partial charge in [0.15, 0.2) is 0 Å². The molecule has 4 nitrogen and oxygen atoms in total. The second kappa shape index (κ2) is 5.64. The average molecular weight is 307 g/mol. The van der Waals surface area contributed by atoms with Crippen molar-refractivity contribution in [3.05, 3.63) is 29.0 Å². The Morgan fingerprint density at radius 2 is 2.11 bits per heavy atom. The molecule has 0 saturated heterocycles. The molecule has 19 heavy (non-hydrogen) atoms. The minimum atomic E-state index is -3.55. The predicted molar refractivity (Wildman–Crippen MR) is 74.4 cm³/mol. The van der Waals surface area contributed by atoms with Gasteiger partial charge in [0.05, 0.1) is 10.9 Å². The van der Waals surface area contributed by atoms with Gasteiger partial charge in [-0.05, 0) is 38.0 Å². The molecule has 1 aromatic rings. The molecule has 0 heterocycles. The number of benzene rings is 1. The van der Waals surface area contributed by atoms with Crippen molar-refractivity contribution < 1.29 is 12.8 Å². The van der Waals surface area contributed by atoms with Gasteiger partial charge < -0.3 is 5.32 Å². The highest BCUT2D eigenvalue weighted by Crippen LogP contribution is 2.21. The van der Waals surface area contributed by atoms with Crippen molar-refractivity contribution in [1.82, 2.24) is 5.32 Å². The van der Waals surface area contributed by atoms with E-state index in [0.29, 0.717) is 12.6 Å². The largest absolute Gasteiger partial charge is 0.313 e. The minimum absolute atomic E-state index is 0.142. The SMILES string of the molecule is CC(CNC1CC1)S(=O)(=O)Nc1cc(F)cc(Cl)c1. The Morgan fingerprint density at radius 3 is 2.68 bits per heavy atom. The molecule has 1 aliphatic rings. The van der Waals surface area contributed by atoms with Gasteiger partial charge in [-0.15, -0.1) is 0 Å². The van der Waals surface area contributed by atoms with E-state index in [1.807, 2.05) is 0 Å². The van der Waals surface area contributed by atoms with E-state index in [1.165, 1.54) is 6.07 Å². The van der Waals surface area contributed by atoms with E-state index in [0.717, 1.165) is 25.0 Å². The van der Waals surface area contributed by atoms with Gasteiger partial charge >= 0.3 is 0 Å². The molecule has 0 aliphatic heterocycles. The summed E-state index contributed by atoms with van der Waals surface area (Å²) in [6.07, 6.45) is 2.19. The average Bonchev–Trinajstić information content (AvgIpc) is 3.07. The monoisotopic (exact) mass is 306 g/mol. The Kier molecular flexibility index (Phi) is 4.32. The molecule has 1 aromatic carbocycles. The molecule has 1 atom stereocenters. The van der Waals surface area contributed by atoms with E-state index in [4.69, 9.17) is 11.6 Å². The Bertz CT molecular complexity index is 541. The lowest BCUT2D eigenvalue weighted by Crippen LogP contribution is -2.35. The summed E-state index contributed by atoms with van der Waals surface area (Å²) in [5.41, 5.74) is 0.142. The van der Waals surface area contributed by atoms with Crippen molar-refractivity contribution in [2.24, 2.45) is 0 Å². The van der Waals surface area contributed by atoms with Gasteiger partial charge in [-0.1, -0.05) is 11.6 Å². The molecule has 1 unspecified atom stereocenters. The highest BCUT2D eigenvalue weighted by molar-refractivity contribution is 7.93. The van der Waals surface area contributed by atoms with Crippen LogP contribution in [0.25, 0.3) is 0 Å². The summed E-state index contributed by atoms with van der Waals surface area (Å²) in [5, 5.41) is 2.70. The second-order valence-corrected chi connectivity index (χ2v) is 7.33. The standard InChI is InChI=1S/C12H16ClFN2O2S/c1-8(7-15-11-2-3-11)19(17,18)16-12-5-9(13)4-10(14)6-12/h4-6,8,11,15-16H,2-3,7H2,1H3. The highest BCUT2D eigenvalue weighted by atomic mass is 35.5. The molecule has 0 bridgehead atoms. The predicted octanol–water partition coefficient (Wildman–Crippen LogP) is 2.36. The van der Waals surface area contributed by atoms with Crippen LogP contribution in [0.15, 0.2) is 18.2 Å². The van der Waals surface area contributed by atoms with Crippen LogP contribution in [0.3, 0.4) is 0 Å². The molecule has 7 heteroatoms. The Labute approximate surface area is 117 Å². The zero-order valence-corrected chi connectivity index (χ0v) is 12.1. The third-order valence-corrected chi connectivity index (χ3v) is 4.89. The van der Waals surface area contributed by atoms with Crippen LogP contribution in [0.1, 0.15) is 19.8 Å².